The van der Waals surface area contributed by atoms with E-state index in [1.54, 1.807) is 19.9 Å². The first-order chi connectivity index (χ1) is 28.5. The van der Waals surface area contributed by atoms with Crippen molar-refractivity contribution in [2.45, 2.75) is 160 Å². The van der Waals surface area contributed by atoms with Crippen molar-refractivity contribution < 1.29 is 47.4 Å². The Kier molecular flexibility index (Phi) is 9.60. The molecular weight excluding hydrogens is 978 g/mol. The number of nitrogens with zero attached hydrogens (tertiary/aromatic N) is 4. The summed E-state index contributed by atoms with van der Waals surface area (Å²) in [5, 5.41) is 0. The molecular formula is C51H58F6N4Pt. The largest absolute Gasteiger partial charge is 2.00 e. The number of alkyl halides is 6. The molecule has 4 nitrogen and oxygen atoms in total. The van der Waals surface area contributed by atoms with E-state index < -0.39 is 45.4 Å². The van der Waals surface area contributed by atoms with Gasteiger partial charge in [-0.15, -0.1) is 16.7 Å². The summed E-state index contributed by atoms with van der Waals surface area (Å²) in [6, 6.07) is 8.25. The summed E-state index contributed by atoms with van der Waals surface area (Å²) in [7, 11) is 0. The van der Waals surface area contributed by atoms with E-state index in [0.717, 1.165) is 60.0 Å². The summed E-state index contributed by atoms with van der Waals surface area (Å²) < 4.78 is 96.4. The molecule has 9 aliphatic rings. The van der Waals surface area contributed by atoms with E-state index in [4.69, 9.17) is 9.97 Å². The van der Waals surface area contributed by atoms with Gasteiger partial charge < -0.3 is 9.13 Å². The van der Waals surface area contributed by atoms with E-state index in [2.05, 4.69) is 30.6 Å². The predicted octanol–water partition coefficient (Wildman–Crippen LogP) is 13.3. The maximum absolute atomic E-state index is 15.7. The van der Waals surface area contributed by atoms with Crippen molar-refractivity contribution in [1.29, 1.82) is 0 Å². The first-order valence-electron chi connectivity index (χ1n) is 23.0. The number of hydrogen-bond donors (Lipinski definition) is 0. The minimum atomic E-state index is -5.37. The molecule has 4 aromatic heterocycles. The summed E-state index contributed by atoms with van der Waals surface area (Å²) in [6.07, 6.45) is 7.58. The van der Waals surface area contributed by atoms with Crippen molar-refractivity contribution in [2.24, 2.45) is 47.3 Å². The van der Waals surface area contributed by atoms with Crippen molar-refractivity contribution in [2.75, 3.05) is 0 Å². The zero-order valence-electron chi connectivity index (χ0n) is 37.0. The van der Waals surface area contributed by atoms with Crippen LogP contribution in [0, 0.1) is 73.6 Å². The zero-order chi connectivity index (χ0) is 43.1. The molecule has 1 aliphatic heterocycles. The molecule has 8 fully saturated rings. The van der Waals surface area contributed by atoms with Crippen LogP contribution in [0.5, 0.6) is 0 Å². The number of aromatic nitrogens is 4. The van der Waals surface area contributed by atoms with Crippen LogP contribution < -0.4 is 0 Å². The minimum Gasteiger partial charge on any atom is -0.432 e. The van der Waals surface area contributed by atoms with E-state index in [1.165, 1.54) is 44.1 Å². The molecule has 0 atom stereocenters. The molecule has 8 aliphatic carbocycles. The standard InChI is InChI=1S/C51H58F6N4.Pt/c1-25-26(2)60-23-37(25)48(5,6)49(7,8)38-24-61(46(51(55,56)57)45(38)50(52,53)54)42-22-36(44-33-15-29-10-30(17-33)18-34(44)16-29)20-40(59-42)47(3,4)39-19-35(21-41(60)58-39)43-31-11-27-9-28(13-31)14-32(43)12-27;/h19-22,27-34,43-44H,9-18H2,1-8H3;/q-2;+2. The smallest absolute Gasteiger partial charge is 0.432 e. The van der Waals surface area contributed by atoms with Gasteiger partial charge in [-0.2, -0.15) is 26.3 Å². The molecule has 0 saturated heterocycles. The van der Waals surface area contributed by atoms with Gasteiger partial charge >= 0.3 is 33.4 Å². The van der Waals surface area contributed by atoms with Crippen LogP contribution in [0.2, 0.25) is 0 Å². The Labute approximate surface area is 376 Å². The predicted molar refractivity (Wildman–Crippen MR) is 222 cm³/mol. The van der Waals surface area contributed by atoms with Crippen LogP contribution in [-0.4, -0.2) is 19.1 Å². The van der Waals surface area contributed by atoms with Crippen LogP contribution in [0.3, 0.4) is 0 Å². The Morgan fingerprint density at radius 3 is 1.34 bits per heavy atom. The van der Waals surface area contributed by atoms with Crippen molar-refractivity contribution in [3.05, 3.63) is 92.8 Å². The molecule has 4 aromatic rings. The normalized spacial score (nSPS) is 33.3. The fraction of sp³-hybridized carbons (Fsp3) is 0.647. The molecule has 0 amide bonds. The minimum absolute atomic E-state index is 0. The van der Waals surface area contributed by atoms with Gasteiger partial charge in [-0.05, 0) is 177 Å². The van der Waals surface area contributed by atoms with Gasteiger partial charge in [0, 0.05) is 22.5 Å². The zero-order valence-corrected chi connectivity index (χ0v) is 39.3. The van der Waals surface area contributed by atoms with E-state index in [-0.39, 0.29) is 32.8 Å². The number of rotatable bonds is 2. The molecule has 13 rings (SSSR count). The number of halogens is 6. The second-order valence-corrected chi connectivity index (χ2v) is 22.6. The van der Waals surface area contributed by atoms with E-state index in [9.17, 15) is 0 Å². The van der Waals surface area contributed by atoms with Crippen LogP contribution in [-0.2, 0) is 49.7 Å². The molecule has 334 valence electrons. The molecule has 16 bridgehead atoms. The molecule has 11 heteroatoms. The summed E-state index contributed by atoms with van der Waals surface area (Å²) in [5.74, 6) is 5.88. The van der Waals surface area contributed by atoms with Crippen molar-refractivity contribution in [3.8, 4) is 11.6 Å². The van der Waals surface area contributed by atoms with Crippen LogP contribution in [0.4, 0.5) is 26.3 Å². The van der Waals surface area contributed by atoms with Crippen molar-refractivity contribution in [3.63, 3.8) is 0 Å². The summed E-state index contributed by atoms with van der Waals surface area (Å²) in [5.41, 5.74) is -1.91. The quantitative estimate of drug-likeness (QED) is 0.148. The molecule has 0 unspecified atom stereocenters. The van der Waals surface area contributed by atoms with Crippen LogP contribution in [0.1, 0.15) is 174 Å². The van der Waals surface area contributed by atoms with Crippen molar-refractivity contribution in [1.82, 2.24) is 19.1 Å². The van der Waals surface area contributed by atoms with Crippen LogP contribution in [0.25, 0.3) is 11.6 Å². The number of fused-ring (bicyclic) bond motifs is 10. The van der Waals surface area contributed by atoms with Gasteiger partial charge in [0.25, 0.3) is 0 Å². The van der Waals surface area contributed by atoms with E-state index >= 15 is 26.3 Å². The van der Waals surface area contributed by atoms with Gasteiger partial charge in [-0.3, -0.25) is 9.97 Å². The van der Waals surface area contributed by atoms with Gasteiger partial charge in [0.05, 0.1) is 11.6 Å². The Bertz CT molecular complexity index is 2410. The van der Waals surface area contributed by atoms with E-state index in [0.29, 0.717) is 63.1 Å². The first-order valence-corrected chi connectivity index (χ1v) is 23.0. The molecule has 62 heavy (non-hydrogen) atoms. The fourth-order valence-electron chi connectivity index (χ4n) is 15.1. The fourth-order valence-corrected chi connectivity index (χ4v) is 15.1. The number of hydrogen-bond acceptors (Lipinski definition) is 2. The third-order valence-electron chi connectivity index (χ3n) is 18.4. The average Bonchev–Trinajstić information content (AvgIpc) is 3.73. The maximum Gasteiger partial charge on any atom is 2.00 e. The topological polar surface area (TPSA) is 35.6 Å². The van der Waals surface area contributed by atoms with Gasteiger partial charge in [-0.25, -0.2) is 0 Å². The van der Waals surface area contributed by atoms with Gasteiger partial charge in [-0.1, -0.05) is 71.8 Å². The summed E-state index contributed by atoms with van der Waals surface area (Å²) in [6.45, 7) is 14.9. The molecule has 0 N–H and O–H groups in total. The first kappa shape index (κ1) is 43.0. The maximum atomic E-state index is 15.7. The summed E-state index contributed by atoms with van der Waals surface area (Å²) >= 11 is 0. The molecule has 0 radical (unpaired) electrons. The Balaban J connectivity index is 0.00000458. The van der Waals surface area contributed by atoms with Crippen LogP contribution in [0.15, 0.2) is 24.3 Å². The van der Waals surface area contributed by atoms with Gasteiger partial charge in [0.2, 0.25) is 0 Å². The van der Waals surface area contributed by atoms with Crippen LogP contribution >= 0.6 is 0 Å². The molecule has 5 heterocycles. The Morgan fingerprint density at radius 2 is 0.935 bits per heavy atom. The van der Waals surface area contributed by atoms with Crippen molar-refractivity contribution >= 4 is 0 Å². The third kappa shape index (κ3) is 6.22. The average molecular weight is 1040 g/mol. The van der Waals surface area contributed by atoms with E-state index in [1.807, 2.05) is 46.1 Å². The monoisotopic (exact) mass is 1040 g/mol. The second-order valence-electron chi connectivity index (χ2n) is 22.6. The molecule has 0 aromatic carbocycles. The second kappa shape index (κ2) is 13.8. The summed E-state index contributed by atoms with van der Waals surface area (Å²) in [4.78, 5) is 10.5. The number of pyridine rings is 2. The van der Waals surface area contributed by atoms with Gasteiger partial charge in [0.15, 0.2) is 0 Å². The Hall–Kier alpha value is -2.87. The Morgan fingerprint density at radius 1 is 0.548 bits per heavy atom. The molecule has 8 saturated carbocycles. The van der Waals surface area contributed by atoms with Gasteiger partial charge in [0.1, 0.15) is 0 Å². The SMILES string of the molecule is Cc1c2[c-]n(c1C)-c1cc(C3C4CC5CC(C4)CC3C5)cc(n1)C(C)(C)c1cc(C3C4CC5CC(C4)CC3C5)cc(n1)-n1[c-]c(c(C(F)(F)F)c1C(F)(F)F)C(C)(C)C2(C)C.[Pt+2]. The third-order valence-corrected chi connectivity index (χ3v) is 18.4. The molecule has 0 spiro atoms.